The first-order valence-electron chi connectivity index (χ1n) is 8.24. The molecule has 0 atom stereocenters. The minimum Gasteiger partial charge on any atom is -0.306 e. The number of rotatable bonds is 2. The number of nitrogens with one attached hydrogen (secondary N) is 1. The van der Waals surface area contributed by atoms with Gasteiger partial charge in [0.1, 0.15) is 0 Å². The van der Waals surface area contributed by atoms with E-state index in [0.29, 0.717) is 0 Å². The summed E-state index contributed by atoms with van der Waals surface area (Å²) in [4.78, 5) is 12.3. The van der Waals surface area contributed by atoms with Gasteiger partial charge in [-0.25, -0.2) is 0 Å². The van der Waals surface area contributed by atoms with Gasteiger partial charge < -0.3 is 5.32 Å². The minimum atomic E-state index is -2.00. The molecule has 0 radical (unpaired) electrons. The number of hydrazone groups is 1. The van der Waals surface area contributed by atoms with Gasteiger partial charge in [-0.3, -0.25) is 9.47 Å². The Kier molecular flexibility index (Phi) is 5.06. The summed E-state index contributed by atoms with van der Waals surface area (Å²) in [6.07, 6.45) is 1.77. The van der Waals surface area contributed by atoms with Crippen molar-refractivity contribution in [2.75, 3.05) is 0 Å². The monoisotopic (exact) mass is 325 g/mol. The maximum absolute atomic E-state index is 12.3. The van der Waals surface area contributed by atoms with Gasteiger partial charge in [0.15, 0.2) is 8.24 Å². The molecule has 0 saturated carbocycles. The van der Waals surface area contributed by atoms with Crippen LogP contribution in [0.2, 0.25) is 18.1 Å². The zero-order valence-electron chi connectivity index (χ0n) is 16.2. The number of amides is 1. The fraction of sp³-hybridized carbons (Fsp3) is 0.882. The van der Waals surface area contributed by atoms with E-state index in [4.69, 9.17) is 5.10 Å². The highest BCUT2D eigenvalue weighted by Gasteiger charge is 2.44. The predicted molar refractivity (Wildman–Crippen MR) is 97.7 cm³/mol. The molecule has 1 saturated heterocycles. The van der Waals surface area contributed by atoms with Crippen molar-refractivity contribution in [2.24, 2.45) is 5.10 Å². The summed E-state index contributed by atoms with van der Waals surface area (Å²) in [7, 11) is -2.00. The van der Waals surface area contributed by atoms with Gasteiger partial charge in [0.2, 0.25) is 5.91 Å². The maximum atomic E-state index is 12.3. The van der Waals surface area contributed by atoms with E-state index in [1.54, 1.807) is 6.92 Å². The van der Waals surface area contributed by atoms with Crippen molar-refractivity contribution in [1.29, 1.82) is 0 Å². The van der Waals surface area contributed by atoms with Gasteiger partial charge in [0.05, 0.1) is 0 Å². The summed E-state index contributed by atoms with van der Waals surface area (Å²) >= 11 is 0. The van der Waals surface area contributed by atoms with E-state index in [0.717, 1.165) is 18.6 Å². The van der Waals surface area contributed by atoms with Crippen LogP contribution < -0.4 is 5.32 Å². The second kappa shape index (κ2) is 5.75. The molecule has 1 aliphatic rings. The number of nitrogens with zero attached hydrogens (tertiary/aromatic N) is 2. The van der Waals surface area contributed by atoms with E-state index >= 15 is 0 Å². The molecule has 0 aromatic carbocycles. The van der Waals surface area contributed by atoms with E-state index < -0.39 is 8.24 Å². The van der Waals surface area contributed by atoms with Crippen LogP contribution in [0.3, 0.4) is 0 Å². The molecule has 0 bridgehead atoms. The first-order chi connectivity index (χ1) is 9.57. The largest absolute Gasteiger partial charge is 0.306 e. The third-order valence-corrected chi connectivity index (χ3v) is 10.0. The molecule has 0 unspecified atom stereocenters. The molecule has 1 N–H and O–H groups in total. The Balaban J connectivity index is 3.22. The summed E-state index contributed by atoms with van der Waals surface area (Å²) in [6.45, 7) is 21.6. The van der Waals surface area contributed by atoms with Crippen molar-refractivity contribution in [2.45, 2.75) is 97.4 Å². The molecule has 0 aromatic rings. The normalized spacial score (nSPS) is 21.5. The fourth-order valence-corrected chi connectivity index (χ4v) is 5.02. The molecule has 22 heavy (non-hydrogen) atoms. The Morgan fingerprint density at radius 3 is 1.86 bits per heavy atom. The van der Waals surface area contributed by atoms with Crippen molar-refractivity contribution in [3.05, 3.63) is 0 Å². The third kappa shape index (κ3) is 4.41. The zero-order valence-corrected chi connectivity index (χ0v) is 17.2. The number of hydrogen-bond donors (Lipinski definition) is 1. The fourth-order valence-electron chi connectivity index (χ4n) is 3.21. The van der Waals surface area contributed by atoms with Crippen molar-refractivity contribution in [3.8, 4) is 0 Å². The molecule has 4 nitrogen and oxygen atoms in total. The summed E-state index contributed by atoms with van der Waals surface area (Å²) < 4.78 is 1.83. The lowest BCUT2D eigenvalue weighted by Crippen LogP contribution is -2.59. The Hall–Kier alpha value is -0.683. The molecule has 0 spiro atoms. The molecule has 1 rings (SSSR count). The van der Waals surface area contributed by atoms with Crippen LogP contribution in [-0.2, 0) is 4.79 Å². The van der Waals surface area contributed by atoms with Crippen LogP contribution in [0.5, 0.6) is 0 Å². The number of carbonyl (C=O) groups excluding carboxylic acids is 1. The van der Waals surface area contributed by atoms with E-state index in [-0.39, 0.29) is 22.0 Å². The van der Waals surface area contributed by atoms with Crippen LogP contribution in [0.15, 0.2) is 5.10 Å². The topological polar surface area (TPSA) is 44.7 Å². The number of carbonyl (C=O) groups is 1. The number of piperidine rings is 1. The van der Waals surface area contributed by atoms with Crippen molar-refractivity contribution in [1.82, 2.24) is 9.99 Å². The number of hydrogen-bond acceptors (Lipinski definition) is 3. The van der Waals surface area contributed by atoms with Gasteiger partial charge in [-0.1, -0.05) is 20.8 Å². The Bertz CT molecular complexity index is 455. The van der Waals surface area contributed by atoms with Gasteiger partial charge in [-0.2, -0.15) is 5.10 Å². The van der Waals surface area contributed by atoms with Crippen molar-refractivity contribution in [3.63, 3.8) is 0 Å². The summed E-state index contributed by atoms with van der Waals surface area (Å²) in [5.74, 6) is 0.0632. The van der Waals surface area contributed by atoms with Crippen LogP contribution in [0, 0.1) is 0 Å². The lowest BCUT2D eigenvalue weighted by Gasteiger charge is -2.46. The predicted octanol–water partition coefficient (Wildman–Crippen LogP) is 4.14. The van der Waals surface area contributed by atoms with Crippen LogP contribution in [0.4, 0.5) is 0 Å². The first kappa shape index (κ1) is 19.4. The second-order valence-electron chi connectivity index (χ2n) is 9.55. The van der Waals surface area contributed by atoms with Crippen molar-refractivity contribution >= 4 is 19.9 Å². The molecular weight excluding hydrogens is 290 g/mol. The van der Waals surface area contributed by atoms with Crippen LogP contribution in [0.25, 0.3) is 0 Å². The average Bonchev–Trinajstić information content (AvgIpc) is 2.18. The van der Waals surface area contributed by atoms with E-state index in [1.165, 1.54) is 0 Å². The highest BCUT2D eigenvalue weighted by Crippen LogP contribution is 2.39. The maximum Gasteiger partial charge on any atom is 0.231 e. The Morgan fingerprint density at radius 2 is 1.55 bits per heavy atom. The highest BCUT2D eigenvalue weighted by atomic mass is 28.3. The lowest BCUT2D eigenvalue weighted by molar-refractivity contribution is -0.125. The standard InChI is InChI=1S/C17H35N3OSi/c1-13(21)20(22(9,10)15(2,3)4)18-14-11-16(5,6)19-17(7,8)12-14/h19H,11-12H2,1-10H3. The summed E-state index contributed by atoms with van der Waals surface area (Å²) in [6, 6.07) is 0. The van der Waals surface area contributed by atoms with Crippen LogP contribution >= 0.6 is 0 Å². The lowest BCUT2D eigenvalue weighted by atomic mass is 9.81. The van der Waals surface area contributed by atoms with Gasteiger partial charge in [-0.05, 0) is 45.8 Å². The molecule has 1 amide bonds. The third-order valence-electron chi connectivity index (χ3n) is 4.87. The molecule has 5 heteroatoms. The molecule has 1 heterocycles. The smallest absolute Gasteiger partial charge is 0.231 e. The molecule has 1 fully saturated rings. The average molecular weight is 326 g/mol. The second-order valence-corrected chi connectivity index (χ2v) is 14.6. The van der Waals surface area contributed by atoms with Crippen LogP contribution in [0.1, 0.15) is 68.2 Å². The summed E-state index contributed by atoms with van der Waals surface area (Å²) in [5, 5.41) is 8.63. The van der Waals surface area contributed by atoms with Crippen LogP contribution in [-0.4, -0.2) is 35.6 Å². The first-order valence-corrected chi connectivity index (χ1v) is 11.2. The Morgan fingerprint density at radius 1 is 1.14 bits per heavy atom. The Labute approximate surface area is 137 Å². The van der Waals surface area contributed by atoms with Gasteiger partial charge in [-0.15, -0.1) is 0 Å². The van der Waals surface area contributed by atoms with Gasteiger partial charge >= 0.3 is 0 Å². The minimum absolute atomic E-state index is 0.0104. The van der Waals surface area contributed by atoms with E-state index in [9.17, 15) is 4.79 Å². The molecule has 0 aromatic heterocycles. The molecular formula is C17H35N3OSi. The van der Waals surface area contributed by atoms with Crippen molar-refractivity contribution < 1.29 is 4.79 Å². The highest BCUT2D eigenvalue weighted by molar-refractivity contribution is 6.79. The molecule has 1 aliphatic heterocycles. The zero-order chi connectivity index (χ0) is 17.6. The summed E-state index contributed by atoms with van der Waals surface area (Å²) in [5.41, 5.74) is 1.15. The molecule has 0 aliphatic carbocycles. The molecule has 128 valence electrons. The van der Waals surface area contributed by atoms with Gasteiger partial charge in [0.25, 0.3) is 0 Å². The van der Waals surface area contributed by atoms with E-state index in [2.05, 4.69) is 66.9 Å². The van der Waals surface area contributed by atoms with E-state index in [1.807, 2.05) is 4.67 Å². The SMILES string of the molecule is CC(=O)N(N=C1CC(C)(C)NC(C)(C)C1)[Si](C)(C)C(C)(C)C. The van der Waals surface area contributed by atoms with Gasteiger partial charge in [0, 0.05) is 36.6 Å². The quantitative estimate of drug-likeness (QED) is 0.612.